The molecule has 6 heteroatoms. The lowest BCUT2D eigenvalue weighted by molar-refractivity contribution is 0.277. The number of likely N-dealkylation sites (N-methyl/N-ethyl adjacent to an activating group) is 1. The van der Waals surface area contributed by atoms with Crippen molar-refractivity contribution in [2.24, 2.45) is 0 Å². The molecule has 1 aromatic heterocycles. The van der Waals surface area contributed by atoms with Crippen LogP contribution < -0.4 is 10.6 Å². The van der Waals surface area contributed by atoms with Crippen LogP contribution in [0.1, 0.15) is 19.8 Å². The third-order valence-electron chi connectivity index (χ3n) is 3.57. The van der Waals surface area contributed by atoms with Gasteiger partial charge in [-0.15, -0.1) is 0 Å². The molecule has 1 fully saturated rings. The predicted octanol–water partition coefficient (Wildman–Crippen LogP) is 2.14. The van der Waals surface area contributed by atoms with Crippen molar-refractivity contribution in [3.63, 3.8) is 0 Å². The molecule has 0 bridgehead atoms. The van der Waals surface area contributed by atoms with E-state index in [0.717, 1.165) is 29.9 Å². The molecule has 1 saturated heterocycles. The normalized spacial score (nSPS) is 19.6. The third kappa shape index (κ3) is 3.73. The van der Waals surface area contributed by atoms with E-state index in [1.807, 2.05) is 19.4 Å². The lowest BCUT2D eigenvalue weighted by Crippen LogP contribution is -2.34. The fourth-order valence-corrected chi connectivity index (χ4v) is 2.88. The zero-order valence-electron chi connectivity index (χ0n) is 11.9. The maximum absolute atomic E-state index is 4.49. The Bertz CT molecular complexity index is 390. The van der Waals surface area contributed by atoms with Crippen molar-refractivity contribution in [1.29, 1.82) is 0 Å². The van der Waals surface area contributed by atoms with Crippen LogP contribution in [0.3, 0.4) is 0 Å². The zero-order chi connectivity index (χ0) is 13.7. The standard InChI is InChI=1S/C13H23N5S/c1-4-18-7-5-6-10(18)9-15-12-8-11(14-2)16-13(17-12)19-3/h8,10H,4-7,9H2,1-3H3,(H2,14,15,16,17). The van der Waals surface area contributed by atoms with Gasteiger partial charge in [-0.05, 0) is 32.2 Å². The van der Waals surface area contributed by atoms with Gasteiger partial charge in [0.2, 0.25) is 0 Å². The number of nitrogens with one attached hydrogen (secondary N) is 2. The van der Waals surface area contributed by atoms with Crippen LogP contribution in [0.2, 0.25) is 0 Å². The summed E-state index contributed by atoms with van der Waals surface area (Å²) in [5.41, 5.74) is 0. The van der Waals surface area contributed by atoms with Crippen molar-refractivity contribution in [1.82, 2.24) is 14.9 Å². The molecule has 19 heavy (non-hydrogen) atoms. The summed E-state index contributed by atoms with van der Waals surface area (Å²) in [5.74, 6) is 1.77. The molecule has 1 aliphatic rings. The molecule has 106 valence electrons. The number of anilines is 2. The first-order valence-corrected chi connectivity index (χ1v) is 8.08. The smallest absolute Gasteiger partial charge is 0.191 e. The summed E-state index contributed by atoms with van der Waals surface area (Å²) in [4.78, 5) is 11.4. The molecule has 0 spiro atoms. The number of likely N-dealkylation sites (tertiary alicyclic amines) is 1. The van der Waals surface area contributed by atoms with Gasteiger partial charge in [-0.1, -0.05) is 18.7 Å². The second kappa shape index (κ2) is 6.96. The summed E-state index contributed by atoms with van der Waals surface area (Å²) in [5, 5.41) is 7.33. The second-order valence-electron chi connectivity index (χ2n) is 4.68. The minimum Gasteiger partial charge on any atom is -0.373 e. The number of hydrogen-bond donors (Lipinski definition) is 2. The van der Waals surface area contributed by atoms with Gasteiger partial charge in [-0.2, -0.15) is 0 Å². The third-order valence-corrected chi connectivity index (χ3v) is 4.12. The van der Waals surface area contributed by atoms with E-state index in [1.54, 1.807) is 11.8 Å². The molecule has 5 nitrogen and oxygen atoms in total. The van der Waals surface area contributed by atoms with Crippen LogP contribution in [0.25, 0.3) is 0 Å². The molecule has 1 atom stereocenters. The summed E-state index contributed by atoms with van der Waals surface area (Å²) in [6, 6.07) is 2.60. The topological polar surface area (TPSA) is 53.1 Å². The molecule has 0 amide bonds. The lowest BCUT2D eigenvalue weighted by atomic mass is 10.2. The molecule has 2 rings (SSSR count). The number of thioether (sulfide) groups is 1. The van der Waals surface area contributed by atoms with Crippen LogP contribution in [0.4, 0.5) is 11.6 Å². The Hall–Kier alpha value is -1.01. The fraction of sp³-hybridized carbons (Fsp3) is 0.692. The molecular weight excluding hydrogens is 258 g/mol. The van der Waals surface area contributed by atoms with Gasteiger partial charge in [0.15, 0.2) is 5.16 Å². The van der Waals surface area contributed by atoms with Gasteiger partial charge in [0, 0.05) is 25.7 Å². The van der Waals surface area contributed by atoms with E-state index < -0.39 is 0 Å². The highest BCUT2D eigenvalue weighted by Crippen LogP contribution is 2.19. The Kier molecular flexibility index (Phi) is 5.27. The highest BCUT2D eigenvalue weighted by molar-refractivity contribution is 7.98. The summed E-state index contributed by atoms with van der Waals surface area (Å²) in [6.45, 7) is 5.55. The number of nitrogens with zero attached hydrogens (tertiary/aromatic N) is 3. The first-order chi connectivity index (χ1) is 9.26. The lowest BCUT2D eigenvalue weighted by Gasteiger charge is -2.23. The van der Waals surface area contributed by atoms with Crippen LogP contribution >= 0.6 is 11.8 Å². The molecular formula is C13H23N5S. The van der Waals surface area contributed by atoms with Gasteiger partial charge in [-0.25, -0.2) is 9.97 Å². The summed E-state index contributed by atoms with van der Waals surface area (Å²) in [7, 11) is 1.88. The number of rotatable bonds is 6. The molecule has 1 unspecified atom stereocenters. The van der Waals surface area contributed by atoms with Gasteiger partial charge in [0.05, 0.1) is 0 Å². The van der Waals surface area contributed by atoms with Gasteiger partial charge in [0.25, 0.3) is 0 Å². The maximum atomic E-state index is 4.49. The molecule has 1 aliphatic heterocycles. The van der Waals surface area contributed by atoms with E-state index in [1.165, 1.54) is 19.4 Å². The highest BCUT2D eigenvalue weighted by Gasteiger charge is 2.22. The molecule has 1 aromatic rings. The Labute approximate surface area is 119 Å². The van der Waals surface area contributed by atoms with E-state index >= 15 is 0 Å². The van der Waals surface area contributed by atoms with E-state index in [0.29, 0.717) is 6.04 Å². The Morgan fingerprint density at radius 1 is 1.42 bits per heavy atom. The van der Waals surface area contributed by atoms with Crippen molar-refractivity contribution in [2.45, 2.75) is 31.0 Å². The predicted molar refractivity (Wildman–Crippen MR) is 82.1 cm³/mol. The van der Waals surface area contributed by atoms with Crippen LogP contribution in [0, 0.1) is 0 Å². The SMILES string of the molecule is CCN1CCCC1CNc1cc(NC)nc(SC)n1. The van der Waals surface area contributed by atoms with Crippen LogP contribution in [0.5, 0.6) is 0 Å². The molecule has 0 saturated carbocycles. The minimum atomic E-state index is 0.635. The van der Waals surface area contributed by atoms with Crippen molar-refractivity contribution >= 4 is 23.4 Å². The monoisotopic (exact) mass is 281 g/mol. The van der Waals surface area contributed by atoms with Gasteiger partial charge >= 0.3 is 0 Å². The molecule has 2 N–H and O–H groups in total. The first-order valence-electron chi connectivity index (χ1n) is 6.85. The zero-order valence-corrected chi connectivity index (χ0v) is 12.8. The van der Waals surface area contributed by atoms with E-state index in [4.69, 9.17) is 0 Å². The van der Waals surface area contributed by atoms with Crippen LogP contribution in [-0.2, 0) is 0 Å². The largest absolute Gasteiger partial charge is 0.373 e. The van der Waals surface area contributed by atoms with Crippen molar-refractivity contribution < 1.29 is 0 Å². The quantitative estimate of drug-likeness (QED) is 0.615. The van der Waals surface area contributed by atoms with Crippen molar-refractivity contribution in [3.8, 4) is 0 Å². The van der Waals surface area contributed by atoms with Crippen molar-refractivity contribution in [2.75, 3.05) is 43.6 Å². The second-order valence-corrected chi connectivity index (χ2v) is 5.45. The molecule has 0 aliphatic carbocycles. The highest BCUT2D eigenvalue weighted by atomic mass is 32.2. The Balaban J connectivity index is 1.98. The fourth-order valence-electron chi connectivity index (χ4n) is 2.50. The minimum absolute atomic E-state index is 0.635. The van der Waals surface area contributed by atoms with E-state index in [2.05, 4.69) is 32.4 Å². The first kappa shape index (κ1) is 14.4. The Morgan fingerprint density at radius 3 is 2.89 bits per heavy atom. The average molecular weight is 281 g/mol. The number of aromatic nitrogens is 2. The molecule has 0 radical (unpaired) electrons. The van der Waals surface area contributed by atoms with Gasteiger partial charge in [-0.3, -0.25) is 4.90 Å². The summed E-state index contributed by atoms with van der Waals surface area (Å²) < 4.78 is 0. The molecule has 2 heterocycles. The maximum Gasteiger partial charge on any atom is 0.191 e. The summed E-state index contributed by atoms with van der Waals surface area (Å²) in [6.07, 6.45) is 4.58. The van der Waals surface area contributed by atoms with E-state index in [-0.39, 0.29) is 0 Å². The van der Waals surface area contributed by atoms with Gasteiger partial charge < -0.3 is 10.6 Å². The van der Waals surface area contributed by atoms with Crippen LogP contribution in [0.15, 0.2) is 11.2 Å². The van der Waals surface area contributed by atoms with Gasteiger partial charge in [0.1, 0.15) is 11.6 Å². The molecule has 0 aromatic carbocycles. The van der Waals surface area contributed by atoms with Crippen molar-refractivity contribution in [3.05, 3.63) is 6.07 Å². The summed E-state index contributed by atoms with van der Waals surface area (Å²) >= 11 is 1.56. The number of hydrogen-bond acceptors (Lipinski definition) is 6. The van der Waals surface area contributed by atoms with Crippen LogP contribution in [-0.4, -0.2) is 53.8 Å². The average Bonchev–Trinajstić information content (AvgIpc) is 2.92. The Morgan fingerprint density at radius 2 is 2.21 bits per heavy atom. The van der Waals surface area contributed by atoms with E-state index in [9.17, 15) is 0 Å².